The molecule has 0 saturated heterocycles. The standard InChI is InChI=1S/C17H23ClN2O3/c18-14-7-12-4-5-23-16(12)13(8-14)10-20-17(22)19-9-11-2-1-3-15(21)6-11/h7-8,11,15,21H,1-6,9-10H2,(H2,19,20,22)/t11-,15+/m1/s1. The number of ether oxygens (including phenoxy) is 1. The van der Waals surface area contributed by atoms with Gasteiger partial charge in [0, 0.05) is 30.1 Å². The number of halogens is 1. The molecule has 1 fully saturated rings. The van der Waals surface area contributed by atoms with E-state index in [0.29, 0.717) is 30.6 Å². The molecule has 0 unspecified atom stereocenters. The van der Waals surface area contributed by atoms with Gasteiger partial charge < -0.3 is 20.5 Å². The van der Waals surface area contributed by atoms with Gasteiger partial charge >= 0.3 is 6.03 Å². The van der Waals surface area contributed by atoms with Crippen LogP contribution < -0.4 is 15.4 Å². The van der Waals surface area contributed by atoms with Crippen molar-refractivity contribution < 1.29 is 14.6 Å². The molecule has 3 N–H and O–H groups in total. The molecule has 1 aliphatic heterocycles. The number of rotatable bonds is 4. The highest BCUT2D eigenvalue weighted by atomic mass is 35.5. The van der Waals surface area contributed by atoms with Gasteiger partial charge in [-0.2, -0.15) is 0 Å². The lowest BCUT2D eigenvalue weighted by Crippen LogP contribution is -2.39. The third-order valence-electron chi connectivity index (χ3n) is 4.57. The Hall–Kier alpha value is -1.46. The Balaban J connectivity index is 1.48. The zero-order valence-corrected chi connectivity index (χ0v) is 13.9. The van der Waals surface area contributed by atoms with Gasteiger partial charge in [-0.1, -0.05) is 18.0 Å². The summed E-state index contributed by atoms with van der Waals surface area (Å²) in [5, 5.41) is 16.1. The summed E-state index contributed by atoms with van der Waals surface area (Å²) in [7, 11) is 0. The Kier molecular flexibility index (Phi) is 5.28. The summed E-state index contributed by atoms with van der Waals surface area (Å²) < 4.78 is 5.63. The molecule has 2 amide bonds. The molecular weight excluding hydrogens is 316 g/mol. The average molecular weight is 339 g/mol. The van der Waals surface area contributed by atoms with E-state index in [1.54, 1.807) is 0 Å². The summed E-state index contributed by atoms with van der Waals surface area (Å²) in [6.45, 7) is 1.66. The summed E-state index contributed by atoms with van der Waals surface area (Å²) in [6.07, 6.45) is 4.39. The van der Waals surface area contributed by atoms with E-state index in [1.165, 1.54) is 0 Å². The third-order valence-corrected chi connectivity index (χ3v) is 4.79. The molecule has 0 radical (unpaired) electrons. The molecule has 1 saturated carbocycles. The Morgan fingerprint density at radius 3 is 3.04 bits per heavy atom. The van der Waals surface area contributed by atoms with Gasteiger partial charge in [0.15, 0.2) is 0 Å². The summed E-state index contributed by atoms with van der Waals surface area (Å²) >= 11 is 6.11. The number of benzene rings is 1. The van der Waals surface area contributed by atoms with Gasteiger partial charge in [-0.3, -0.25) is 0 Å². The van der Waals surface area contributed by atoms with Crippen LogP contribution in [0.25, 0.3) is 0 Å². The van der Waals surface area contributed by atoms with Crippen molar-refractivity contribution in [3.8, 4) is 5.75 Å². The fourth-order valence-corrected chi connectivity index (χ4v) is 3.66. The van der Waals surface area contributed by atoms with Crippen LogP contribution in [-0.4, -0.2) is 30.4 Å². The molecule has 2 atom stereocenters. The van der Waals surface area contributed by atoms with Crippen LogP contribution in [0.4, 0.5) is 4.79 Å². The smallest absolute Gasteiger partial charge is 0.315 e. The first kappa shape index (κ1) is 16.4. The van der Waals surface area contributed by atoms with Gasteiger partial charge in [0.2, 0.25) is 0 Å². The first-order chi connectivity index (χ1) is 11.1. The second kappa shape index (κ2) is 7.41. The van der Waals surface area contributed by atoms with Crippen molar-refractivity contribution in [1.29, 1.82) is 0 Å². The molecule has 2 aliphatic rings. The normalized spacial score (nSPS) is 23.0. The van der Waals surface area contributed by atoms with E-state index >= 15 is 0 Å². The van der Waals surface area contributed by atoms with Crippen LogP contribution in [0.1, 0.15) is 36.8 Å². The molecule has 1 aromatic rings. The van der Waals surface area contributed by atoms with Gasteiger partial charge in [0.1, 0.15) is 5.75 Å². The molecule has 5 nitrogen and oxygen atoms in total. The van der Waals surface area contributed by atoms with E-state index in [9.17, 15) is 9.90 Å². The lowest BCUT2D eigenvalue weighted by atomic mass is 9.87. The maximum Gasteiger partial charge on any atom is 0.315 e. The van der Waals surface area contributed by atoms with E-state index in [0.717, 1.165) is 49.0 Å². The van der Waals surface area contributed by atoms with E-state index in [2.05, 4.69) is 10.6 Å². The minimum atomic E-state index is -0.218. The van der Waals surface area contributed by atoms with E-state index in [-0.39, 0.29) is 12.1 Å². The molecular formula is C17H23ClN2O3. The van der Waals surface area contributed by atoms with Crippen molar-refractivity contribution in [2.75, 3.05) is 13.2 Å². The zero-order valence-electron chi connectivity index (χ0n) is 13.1. The number of aliphatic hydroxyl groups is 1. The first-order valence-corrected chi connectivity index (χ1v) is 8.63. The molecule has 3 rings (SSSR count). The Labute approximate surface area is 141 Å². The first-order valence-electron chi connectivity index (χ1n) is 8.25. The average Bonchev–Trinajstić information content (AvgIpc) is 2.99. The number of amides is 2. The Bertz CT molecular complexity index is 579. The Morgan fingerprint density at radius 1 is 1.35 bits per heavy atom. The number of carbonyl (C=O) groups is 1. The number of aliphatic hydroxyl groups excluding tert-OH is 1. The molecule has 23 heavy (non-hydrogen) atoms. The number of fused-ring (bicyclic) bond motifs is 1. The number of nitrogens with one attached hydrogen (secondary N) is 2. The topological polar surface area (TPSA) is 70.6 Å². The lowest BCUT2D eigenvalue weighted by molar-refractivity contribution is 0.101. The molecule has 1 aliphatic carbocycles. The lowest BCUT2D eigenvalue weighted by Gasteiger charge is -2.25. The summed E-state index contributed by atoms with van der Waals surface area (Å²) in [5.74, 6) is 1.22. The molecule has 1 heterocycles. The van der Waals surface area contributed by atoms with Crippen LogP contribution in [0.5, 0.6) is 5.75 Å². The second-order valence-corrected chi connectivity index (χ2v) is 6.84. The molecule has 126 valence electrons. The van der Waals surface area contributed by atoms with Crippen LogP contribution in [0.15, 0.2) is 12.1 Å². The fourth-order valence-electron chi connectivity index (χ4n) is 3.40. The van der Waals surface area contributed by atoms with Gasteiger partial charge in [-0.05, 0) is 42.9 Å². The maximum atomic E-state index is 12.0. The highest BCUT2D eigenvalue weighted by molar-refractivity contribution is 6.30. The zero-order chi connectivity index (χ0) is 16.2. The highest BCUT2D eigenvalue weighted by Crippen LogP contribution is 2.32. The van der Waals surface area contributed by atoms with Crippen LogP contribution in [-0.2, 0) is 13.0 Å². The van der Waals surface area contributed by atoms with Crippen molar-refractivity contribution in [2.24, 2.45) is 5.92 Å². The van der Waals surface area contributed by atoms with Crippen LogP contribution >= 0.6 is 11.6 Å². The number of hydrogen-bond donors (Lipinski definition) is 3. The highest BCUT2D eigenvalue weighted by Gasteiger charge is 2.21. The van der Waals surface area contributed by atoms with Crippen molar-refractivity contribution in [1.82, 2.24) is 10.6 Å². The molecule has 1 aromatic carbocycles. The van der Waals surface area contributed by atoms with Crippen LogP contribution in [0, 0.1) is 5.92 Å². The maximum absolute atomic E-state index is 12.0. The fraction of sp³-hybridized carbons (Fsp3) is 0.588. The largest absolute Gasteiger partial charge is 0.493 e. The van der Waals surface area contributed by atoms with Crippen LogP contribution in [0.3, 0.4) is 0 Å². The predicted molar refractivity (Wildman–Crippen MR) is 88.9 cm³/mol. The summed E-state index contributed by atoms with van der Waals surface area (Å²) in [6, 6.07) is 3.56. The predicted octanol–water partition coefficient (Wildman–Crippen LogP) is 2.63. The van der Waals surface area contributed by atoms with Gasteiger partial charge in [0.05, 0.1) is 12.7 Å². The van der Waals surface area contributed by atoms with Gasteiger partial charge in [-0.25, -0.2) is 4.79 Å². The monoisotopic (exact) mass is 338 g/mol. The molecule has 0 aromatic heterocycles. The molecule has 0 spiro atoms. The number of carbonyl (C=O) groups excluding carboxylic acids is 1. The SMILES string of the molecule is O=C(NCc1cc(Cl)cc2c1OCC2)NC[C@@H]1CCC[C@H](O)C1. The second-order valence-electron chi connectivity index (χ2n) is 6.40. The van der Waals surface area contributed by atoms with Crippen molar-refractivity contribution in [3.63, 3.8) is 0 Å². The van der Waals surface area contributed by atoms with E-state index in [4.69, 9.17) is 16.3 Å². The van der Waals surface area contributed by atoms with E-state index in [1.807, 2.05) is 12.1 Å². The third kappa shape index (κ3) is 4.30. The summed E-state index contributed by atoms with van der Waals surface area (Å²) in [4.78, 5) is 12.0. The van der Waals surface area contributed by atoms with E-state index < -0.39 is 0 Å². The number of urea groups is 1. The summed E-state index contributed by atoms with van der Waals surface area (Å²) in [5.41, 5.74) is 2.01. The molecule has 6 heteroatoms. The van der Waals surface area contributed by atoms with Crippen molar-refractivity contribution >= 4 is 17.6 Å². The van der Waals surface area contributed by atoms with Crippen molar-refractivity contribution in [2.45, 2.75) is 44.8 Å². The minimum Gasteiger partial charge on any atom is -0.493 e. The van der Waals surface area contributed by atoms with Gasteiger partial charge in [0.25, 0.3) is 0 Å². The van der Waals surface area contributed by atoms with Crippen molar-refractivity contribution in [3.05, 3.63) is 28.3 Å². The quantitative estimate of drug-likeness (QED) is 0.790. The number of hydrogen-bond acceptors (Lipinski definition) is 3. The minimum absolute atomic E-state index is 0.197. The van der Waals surface area contributed by atoms with Gasteiger partial charge in [-0.15, -0.1) is 0 Å². The Morgan fingerprint density at radius 2 is 2.22 bits per heavy atom. The van der Waals surface area contributed by atoms with Crippen LogP contribution in [0.2, 0.25) is 5.02 Å². The molecule has 0 bridgehead atoms.